The highest BCUT2D eigenvalue weighted by Gasteiger charge is 2.03. The van der Waals surface area contributed by atoms with Gasteiger partial charge in [-0.05, 0) is 31.5 Å². The lowest BCUT2D eigenvalue weighted by Crippen LogP contribution is -2.21. The van der Waals surface area contributed by atoms with Crippen molar-refractivity contribution in [1.29, 1.82) is 0 Å². The van der Waals surface area contributed by atoms with Gasteiger partial charge in [-0.15, -0.1) is 0 Å². The predicted octanol–water partition coefficient (Wildman–Crippen LogP) is 1.36. The van der Waals surface area contributed by atoms with Crippen LogP contribution in [0.3, 0.4) is 0 Å². The third-order valence-corrected chi connectivity index (χ3v) is 2.24. The summed E-state index contributed by atoms with van der Waals surface area (Å²) in [5.74, 6) is -0.0354. The molecule has 0 aromatic heterocycles. The molecule has 0 fully saturated rings. The summed E-state index contributed by atoms with van der Waals surface area (Å²) in [6.07, 6.45) is -3.38. The van der Waals surface area contributed by atoms with Gasteiger partial charge in [0.2, 0.25) is 0 Å². The van der Waals surface area contributed by atoms with Crippen molar-refractivity contribution >= 4 is 0 Å². The van der Waals surface area contributed by atoms with Crippen molar-refractivity contribution in [2.45, 2.75) is 32.6 Å². The summed E-state index contributed by atoms with van der Waals surface area (Å²) in [6, 6.07) is 5.99. The molecule has 0 amide bonds. The van der Waals surface area contributed by atoms with E-state index in [0.29, 0.717) is 19.8 Å². The molecule has 0 aliphatic carbocycles. The van der Waals surface area contributed by atoms with Gasteiger partial charge in [0.1, 0.15) is 18.4 Å². The van der Waals surface area contributed by atoms with Gasteiger partial charge in [-0.2, -0.15) is 0 Å². The van der Waals surface area contributed by atoms with Crippen LogP contribution in [0, 0.1) is 0 Å². The molecule has 0 radical (unpaired) electrons. The summed E-state index contributed by atoms with van der Waals surface area (Å²) in [7, 11) is 0. The first-order chi connectivity index (χ1) is 11.4. The molecule has 0 bridgehead atoms. The summed E-state index contributed by atoms with van der Waals surface area (Å²) in [5, 5.41) is 18.7. The average Bonchev–Trinajstić information content (AvgIpc) is 2.46. The van der Waals surface area contributed by atoms with Crippen LogP contribution in [0.15, 0.2) is 24.3 Å². The maximum Gasteiger partial charge on any atom is 0.119 e. The van der Waals surface area contributed by atoms with Crippen molar-refractivity contribution < 1.29 is 31.3 Å². The molecule has 20 heavy (non-hydrogen) atoms. The summed E-state index contributed by atoms with van der Waals surface area (Å²) in [6.45, 7) is -1.62. The van der Waals surface area contributed by atoms with E-state index in [9.17, 15) is 5.11 Å². The van der Waals surface area contributed by atoms with Crippen LogP contribution in [0.25, 0.3) is 0 Å². The van der Waals surface area contributed by atoms with Gasteiger partial charge in [0, 0.05) is 0 Å². The number of ether oxygens (including phenoxy) is 3. The molecule has 114 valence electrons. The Morgan fingerprint density at radius 2 is 1.95 bits per heavy atom. The highest BCUT2D eigenvalue weighted by molar-refractivity contribution is 5.26. The number of hydrogen-bond acceptors (Lipinski definition) is 5. The molecule has 5 nitrogen and oxygen atoms in total. The van der Waals surface area contributed by atoms with Gasteiger partial charge in [0.05, 0.1) is 39.3 Å². The topological polar surface area (TPSA) is 68.2 Å². The average molecular weight is 289 g/mol. The minimum absolute atomic E-state index is 0.0354. The van der Waals surface area contributed by atoms with Crippen LogP contribution in [0.1, 0.15) is 26.3 Å². The molecule has 1 unspecified atom stereocenters. The molecule has 2 N–H and O–H groups in total. The Bertz CT molecular complexity index is 528. The standard InChI is InChI=1S/C15H24O5/c1-12(2)19-8-7-18-10-13-3-5-15(6-4-13)20-11-14(17)9-16/h3-6,12,14,16-17H,7-11H2,1-2H3/i9D2,11D2,14D. The molecular weight excluding hydrogens is 260 g/mol. The van der Waals surface area contributed by atoms with E-state index in [-0.39, 0.29) is 11.9 Å². The largest absolute Gasteiger partial charge is 0.491 e. The maximum absolute atomic E-state index is 9.61. The van der Waals surface area contributed by atoms with Crippen molar-refractivity contribution in [1.82, 2.24) is 0 Å². The van der Waals surface area contributed by atoms with Gasteiger partial charge in [0.15, 0.2) is 0 Å². The van der Waals surface area contributed by atoms with Crippen LogP contribution >= 0.6 is 0 Å². The molecule has 1 aromatic rings. The normalized spacial score (nSPS) is 19.4. The van der Waals surface area contributed by atoms with Crippen LogP contribution in [0.2, 0.25) is 0 Å². The Balaban J connectivity index is 2.59. The molecule has 0 heterocycles. The third-order valence-electron chi connectivity index (χ3n) is 2.24. The number of hydrogen-bond donors (Lipinski definition) is 2. The van der Waals surface area contributed by atoms with Crippen molar-refractivity contribution in [3.8, 4) is 5.75 Å². The molecule has 0 spiro atoms. The van der Waals surface area contributed by atoms with E-state index in [1.807, 2.05) is 13.8 Å². The zero-order valence-electron chi connectivity index (χ0n) is 16.6. The van der Waals surface area contributed by atoms with Crippen molar-refractivity contribution in [2.75, 3.05) is 26.3 Å². The highest BCUT2D eigenvalue weighted by Crippen LogP contribution is 2.13. The zero-order chi connectivity index (χ0) is 19.3. The van der Waals surface area contributed by atoms with Gasteiger partial charge < -0.3 is 24.4 Å². The van der Waals surface area contributed by atoms with Crippen LogP contribution in [-0.2, 0) is 16.1 Å². The van der Waals surface area contributed by atoms with E-state index in [1.165, 1.54) is 12.1 Å². The molecule has 0 saturated heterocycles. The van der Waals surface area contributed by atoms with Crippen LogP contribution in [0.4, 0.5) is 0 Å². The third kappa shape index (κ3) is 7.45. The van der Waals surface area contributed by atoms with Gasteiger partial charge in [-0.3, -0.25) is 0 Å². The van der Waals surface area contributed by atoms with E-state index in [1.54, 1.807) is 12.1 Å². The minimum atomic E-state index is -3.52. The number of benzene rings is 1. The summed E-state index contributed by atoms with van der Waals surface area (Å²) in [5.41, 5.74) is 0.788. The fourth-order valence-corrected chi connectivity index (χ4v) is 1.32. The van der Waals surface area contributed by atoms with E-state index < -0.39 is 19.2 Å². The minimum Gasteiger partial charge on any atom is -0.491 e. The lowest BCUT2D eigenvalue weighted by Gasteiger charge is -2.11. The van der Waals surface area contributed by atoms with Gasteiger partial charge >= 0.3 is 0 Å². The smallest absolute Gasteiger partial charge is 0.119 e. The first kappa shape index (κ1) is 10.6. The van der Waals surface area contributed by atoms with E-state index in [2.05, 4.69) is 0 Å². The maximum atomic E-state index is 9.61. The fourth-order valence-electron chi connectivity index (χ4n) is 1.32. The highest BCUT2D eigenvalue weighted by atomic mass is 16.5. The fraction of sp³-hybridized carbons (Fsp3) is 0.600. The molecule has 1 rings (SSSR count). The van der Waals surface area contributed by atoms with Crippen molar-refractivity contribution in [3.05, 3.63) is 29.8 Å². The van der Waals surface area contributed by atoms with Crippen molar-refractivity contribution in [3.63, 3.8) is 0 Å². The zero-order valence-corrected chi connectivity index (χ0v) is 11.6. The number of rotatable bonds is 10. The molecule has 5 heteroatoms. The Hall–Kier alpha value is -1.14. The van der Waals surface area contributed by atoms with Crippen LogP contribution in [0.5, 0.6) is 5.75 Å². The Kier molecular flexibility index (Phi) is 5.13. The van der Waals surface area contributed by atoms with E-state index >= 15 is 0 Å². The predicted molar refractivity (Wildman–Crippen MR) is 75.8 cm³/mol. The molecule has 1 atom stereocenters. The monoisotopic (exact) mass is 289 g/mol. The first-order valence-corrected chi connectivity index (χ1v) is 6.29. The lowest BCUT2D eigenvalue weighted by molar-refractivity contribution is 0.0143. The molecule has 0 saturated carbocycles. The summed E-state index contributed by atoms with van der Waals surface area (Å²) < 4.78 is 51.9. The first-order valence-electron chi connectivity index (χ1n) is 8.79. The van der Waals surface area contributed by atoms with E-state index in [4.69, 9.17) is 26.2 Å². The molecule has 0 aliphatic rings. The molecule has 1 aromatic carbocycles. The molecular formula is C15H24O5. The Labute approximate surface area is 127 Å². The second-order valence-corrected chi connectivity index (χ2v) is 4.28. The van der Waals surface area contributed by atoms with E-state index in [0.717, 1.165) is 5.56 Å². The summed E-state index contributed by atoms with van der Waals surface area (Å²) >= 11 is 0. The van der Waals surface area contributed by atoms with Crippen molar-refractivity contribution in [2.24, 2.45) is 0 Å². The second-order valence-electron chi connectivity index (χ2n) is 4.28. The lowest BCUT2D eigenvalue weighted by atomic mass is 10.2. The Morgan fingerprint density at radius 1 is 1.25 bits per heavy atom. The quantitative estimate of drug-likeness (QED) is 0.637. The SMILES string of the molecule is [2H]C([2H])(O)C([2H])(O)C([2H])([2H])Oc1ccc(COCCOC(C)C)cc1. The van der Waals surface area contributed by atoms with Gasteiger partial charge in [-0.25, -0.2) is 0 Å². The van der Waals surface area contributed by atoms with Gasteiger partial charge in [0.25, 0.3) is 0 Å². The Morgan fingerprint density at radius 3 is 2.55 bits per heavy atom. The molecule has 0 aliphatic heterocycles. The van der Waals surface area contributed by atoms with Crippen LogP contribution < -0.4 is 4.74 Å². The van der Waals surface area contributed by atoms with Crippen LogP contribution in [-0.4, -0.2) is 48.7 Å². The summed E-state index contributed by atoms with van der Waals surface area (Å²) in [4.78, 5) is 0. The van der Waals surface area contributed by atoms with Gasteiger partial charge in [-0.1, -0.05) is 12.1 Å². The second kappa shape index (κ2) is 9.72. The number of aliphatic hydroxyl groups is 2.